The standard InChI is InChI=1S/C13H22ClN3O3S/c1-5-7-10-12(21(14,19)20)11(16-15-10)13(18)17(8-6-2)9(3)4/h9H,5-8H2,1-4H3,(H,15,16). The van der Waals surface area contributed by atoms with Crippen LogP contribution in [0.15, 0.2) is 4.90 Å². The Morgan fingerprint density at radius 2 is 1.95 bits per heavy atom. The zero-order chi connectivity index (χ0) is 16.2. The molecule has 1 aromatic heterocycles. The topological polar surface area (TPSA) is 83.1 Å². The molecule has 8 heteroatoms. The van der Waals surface area contributed by atoms with Crippen LogP contribution in [0.1, 0.15) is 56.7 Å². The van der Waals surface area contributed by atoms with Crippen LogP contribution in [0, 0.1) is 0 Å². The van der Waals surface area contributed by atoms with E-state index in [0.29, 0.717) is 18.7 Å². The van der Waals surface area contributed by atoms with E-state index in [4.69, 9.17) is 10.7 Å². The van der Waals surface area contributed by atoms with Crippen molar-refractivity contribution in [1.82, 2.24) is 15.1 Å². The molecule has 0 aromatic carbocycles. The van der Waals surface area contributed by atoms with Gasteiger partial charge in [-0.1, -0.05) is 20.3 Å². The number of aromatic nitrogens is 2. The van der Waals surface area contributed by atoms with E-state index in [9.17, 15) is 13.2 Å². The molecule has 0 atom stereocenters. The minimum atomic E-state index is -4.03. The summed E-state index contributed by atoms with van der Waals surface area (Å²) in [7, 11) is 1.46. The number of rotatable bonds is 7. The lowest BCUT2D eigenvalue weighted by Gasteiger charge is -2.25. The van der Waals surface area contributed by atoms with Crippen molar-refractivity contribution in [2.24, 2.45) is 0 Å². The quantitative estimate of drug-likeness (QED) is 0.776. The number of hydrogen-bond acceptors (Lipinski definition) is 4. The maximum Gasteiger partial charge on any atom is 0.276 e. The Morgan fingerprint density at radius 3 is 2.38 bits per heavy atom. The molecule has 1 amide bonds. The fourth-order valence-electron chi connectivity index (χ4n) is 2.17. The second-order valence-corrected chi connectivity index (χ2v) is 7.66. The lowest BCUT2D eigenvalue weighted by Crippen LogP contribution is -2.38. The van der Waals surface area contributed by atoms with Crippen molar-refractivity contribution in [1.29, 1.82) is 0 Å². The summed E-state index contributed by atoms with van der Waals surface area (Å²) in [4.78, 5) is 14.0. The third kappa shape index (κ3) is 4.20. The van der Waals surface area contributed by atoms with Gasteiger partial charge in [-0.3, -0.25) is 9.89 Å². The Hall–Kier alpha value is -1.08. The summed E-state index contributed by atoms with van der Waals surface area (Å²) in [6.07, 6.45) is 1.97. The fraction of sp³-hybridized carbons (Fsp3) is 0.692. The van der Waals surface area contributed by atoms with Crippen LogP contribution in [-0.4, -0.2) is 42.0 Å². The summed E-state index contributed by atoms with van der Waals surface area (Å²) in [6.45, 7) is 8.15. The second-order valence-electron chi connectivity index (χ2n) is 5.16. The average Bonchev–Trinajstić information content (AvgIpc) is 2.79. The van der Waals surface area contributed by atoms with Gasteiger partial charge in [0.25, 0.3) is 15.0 Å². The third-order valence-electron chi connectivity index (χ3n) is 3.09. The van der Waals surface area contributed by atoms with E-state index in [-0.39, 0.29) is 16.6 Å². The Labute approximate surface area is 130 Å². The molecule has 0 aliphatic heterocycles. The van der Waals surface area contributed by atoms with E-state index in [1.54, 1.807) is 4.90 Å². The van der Waals surface area contributed by atoms with Gasteiger partial charge in [-0.15, -0.1) is 0 Å². The highest BCUT2D eigenvalue weighted by atomic mass is 35.7. The molecular weight excluding hydrogens is 314 g/mol. The summed E-state index contributed by atoms with van der Waals surface area (Å²) in [5, 5.41) is 6.54. The van der Waals surface area contributed by atoms with Crippen LogP contribution in [0.25, 0.3) is 0 Å². The molecule has 6 nitrogen and oxygen atoms in total. The lowest BCUT2D eigenvalue weighted by atomic mass is 10.2. The molecule has 21 heavy (non-hydrogen) atoms. The molecule has 1 heterocycles. The van der Waals surface area contributed by atoms with Crippen LogP contribution in [0.4, 0.5) is 0 Å². The molecule has 0 fully saturated rings. The summed E-state index contributed by atoms with van der Waals surface area (Å²) in [5.74, 6) is -0.412. The fourth-order valence-corrected chi connectivity index (χ4v) is 3.47. The van der Waals surface area contributed by atoms with Gasteiger partial charge in [-0.25, -0.2) is 8.42 Å². The Morgan fingerprint density at radius 1 is 1.33 bits per heavy atom. The van der Waals surface area contributed by atoms with Gasteiger partial charge < -0.3 is 4.90 Å². The van der Waals surface area contributed by atoms with Crippen molar-refractivity contribution in [2.45, 2.75) is 57.9 Å². The largest absolute Gasteiger partial charge is 0.335 e. The predicted molar refractivity (Wildman–Crippen MR) is 82.1 cm³/mol. The molecule has 0 aliphatic carbocycles. The maximum absolute atomic E-state index is 12.6. The van der Waals surface area contributed by atoms with Gasteiger partial charge >= 0.3 is 0 Å². The summed E-state index contributed by atoms with van der Waals surface area (Å²) in [5.41, 5.74) is 0.270. The lowest BCUT2D eigenvalue weighted by molar-refractivity contribution is 0.0696. The molecule has 0 spiro atoms. The second kappa shape index (κ2) is 7.26. The third-order valence-corrected chi connectivity index (χ3v) is 4.48. The van der Waals surface area contributed by atoms with Crippen LogP contribution >= 0.6 is 10.7 Å². The number of nitrogens with one attached hydrogen (secondary N) is 1. The monoisotopic (exact) mass is 335 g/mol. The number of aromatic amines is 1. The average molecular weight is 336 g/mol. The minimum absolute atomic E-state index is 0.0466. The molecule has 1 N–H and O–H groups in total. The van der Waals surface area contributed by atoms with Gasteiger partial charge in [0.2, 0.25) is 0 Å². The Balaban J connectivity index is 3.33. The summed E-state index contributed by atoms with van der Waals surface area (Å²) in [6, 6.07) is -0.0466. The molecule has 1 aromatic rings. The predicted octanol–water partition coefficient (Wildman–Crippen LogP) is 2.55. The van der Waals surface area contributed by atoms with E-state index < -0.39 is 15.0 Å². The van der Waals surface area contributed by atoms with E-state index in [1.165, 1.54) is 0 Å². The highest BCUT2D eigenvalue weighted by Gasteiger charge is 2.31. The SMILES string of the molecule is CCCc1[nH]nc(C(=O)N(CCC)C(C)C)c1S(=O)(=O)Cl. The van der Waals surface area contributed by atoms with Gasteiger partial charge in [0.05, 0.1) is 5.69 Å². The number of H-pyrrole nitrogens is 1. The van der Waals surface area contributed by atoms with Crippen LogP contribution in [0.2, 0.25) is 0 Å². The number of halogens is 1. The van der Waals surface area contributed by atoms with Gasteiger partial charge in [0.15, 0.2) is 5.69 Å². The first-order chi connectivity index (χ1) is 9.73. The first kappa shape index (κ1) is 18.0. The highest BCUT2D eigenvalue weighted by molar-refractivity contribution is 8.13. The minimum Gasteiger partial charge on any atom is -0.335 e. The first-order valence-corrected chi connectivity index (χ1v) is 9.37. The molecule has 1 rings (SSSR count). The zero-order valence-electron chi connectivity index (χ0n) is 12.8. The number of carbonyl (C=O) groups is 1. The Bertz CT molecular complexity index is 596. The van der Waals surface area contributed by atoms with Crippen molar-refractivity contribution in [2.75, 3.05) is 6.54 Å². The molecule has 0 radical (unpaired) electrons. The van der Waals surface area contributed by atoms with Crippen molar-refractivity contribution in [3.05, 3.63) is 11.4 Å². The van der Waals surface area contributed by atoms with Crippen molar-refractivity contribution in [3.63, 3.8) is 0 Å². The highest BCUT2D eigenvalue weighted by Crippen LogP contribution is 2.25. The van der Waals surface area contributed by atoms with Gasteiger partial charge in [-0.2, -0.15) is 5.10 Å². The molecule has 120 valence electrons. The molecule has 0 unspecified atom stereocenters. The van der Waals surface area contributed by atoms with Crippen LogP contribution in [0.5, 0.6) is 0 Å². The van der Waals surface area contributed by atoms with Crippen LogP contribution in [0.3, 0.4) is 0 Å². The number of amides is 1. The summed E-state index contributed by atoms with van der Waals surface area (Å²) < 4.78 is 23.6. The smallest absolute Gasteiger partial charge is 0.276 e. The van der Waals surface area contributed by atoms with Crippen molar-refractivity contribution in [3.8, 4) is 0 Å². The van der Waals surface area contributed by atoms with Crippen LogP contribution in [-0.2, 0) is 15.5 Å². The van der Waals surface area contributed by atoms with Crippen LogP contribution < -0.4 is 0 Å². The molecule has 0 saturated carbocycles. The maximum atomic E-state index is 12.6. The first-order valence-electron chi connectivity index (χ1n) is 7.06. The molecule has 0 aliphatic rings. The summed E-state index contributed by atoms with van der Waals surface area (Å²) >= 11 is 0. The van der Waals surface area contributed by atoms with E-state index in [1.807, 2.05) is 27.7 Å². The molecule has 0 saturated heterocycles. The van der Waals surface area contributed by atoms with Gasteiger partial charge in [0, 0.05) is 23.3 Å². The van der Waals surface area contributed by atoms with E-state index in [2.05, 4.69) is 10.2 Å². The normalized spacial score (nSPS) is 11.9. The van der Waals surface area contributed by atoms with Crippen molar-refractivity contribution >= 4 is 25.6 Å². The van der Waals surface area contributed by atoms with E-state index in [0.717, 1.165) is 12.8 Å². The Kier molecular flexibility index (Phi) is 6.22. The molecule has 0 bridgehead atoms. The number of carbonyl (C=O) groups excluding carboxylic acids is 1. The van der Waals surface area contributed by atoms with Crippen molar-refractivity contribution < 1.29 is 13.2 Å². The number of hydrogen-bond donors (Lipinski definition) is 1. The number of aryl methyl sites for hydroxylation is 1. The zero-order valence-corrected chi connectivity index (χ0v) is 14.4. The van der Waals surface area contributed by atoms with Gasteiger partial charge in [0.1, 0.15) is 4.90 Å². The number of nitrogens with zero attached hydrogens (tertiary/aromatic N) is 2. The van der Waals surface area contributed by atoms with Gasteiger partial charge in [-0.05, 0) is 26.7 Å². The molecular formula is C13H22ClN3O3S. The van der Waals surface area contributed by atoms with E-state index >= 15 is 0 Å².